The van der Waals surface area contributed by atoms with Crippen LogP contribution in [0.5, 0.6) is 0 Å². The fourth-order valence-electron chi connectivity index (χ4n) is 7.72. The summed E-state index contributed by atoms with van der Waals surface area (Å²) in [6.45, 7) is 5.79. The molecule has 3 saturated heterocycles. The van der Waals surface area contributed by atoms with Crippen molar-refractivity contribution >= 4 is 0 Å². The summed E-state index contributed by atoms with van der Waals surface area (Å²) in [6.07, 6.45) is 35.3. The molecule has 6 fully saturated rings. The van der Waals surface area contributed by atoms with E-state index in [-0.39, 0.29) is 20.1 Å². The molecular weight excluding hydrogens is 643 g/mol. The monoisotopic (exact) mass is 702 g/mol. The van der Waals surface area contributed by atoms with Gasteiger partial charge in [-0.2, -0.15) is 55.1 Å². The summed E-state index contributed by atoms with van der Waals surface area (Å²) in [4.78, 5) is 0. The maximum Gasteiger partial charge on any atom is 0 e. The molecule has 38 heavy (non-hydrogen) atoms. The van der Waals surface area contributed by atoms with Crippen LogP contribution in [0.3, 0.4) is 0 Å². The van der Waals surface area contributed by atoms with Gasteiger partial charge in [-0.05, 0) is 5.92 Å². The molecule has 3 nitrogen and oxygen atoms in total. The maximum atomic E-state index is 4.76. The van der Waals surface area contributed by atoms with Crippen LogP contribution in [0.25, 0.3) is 16.0 Å². The molecule has 3 heterocycles. The van der Waals surface area contributed by atoms with E-state index in [1.54, 1.807) is 0 Å². The molecule has 1 radical (unpaired) electrons. The van der Waals surface area contributed by atoms with Gasteiger partial charge in [0.25, 0.3) is 0 Å². The Balaban J connectivity index is 0.000000156. The van der Waals surface area contributed by atoms with E-state index in [0.717, 1.165) is 43.3 Å². The van der Waals surface area contributed by atoms with Crippen LogP contribution in [0.4, 0.5) is 0 Å². The maximum absolute atomic E-state index is 4.76. The van der Waals surface area contributed by atoms with Gasteiger partial charge in [-0.3, -0.25) is 0 Å². The first-order valence-electron chi connectivity index (χ1n) is 16.8. The summed E-state index contributed by atoms with van der Waals surface area (Å²) < 4.78 is 0. The number of rotatable bonds is 3. The Morgan fingerprint density at radius 3 is 1.24 bits per heavy atom. The third-order valence-corrected chi connectivity index (χ3v) is 10.0. The zero-order valence-electron chi connectivity index (χ0n) is 24.7. The normalized spacial score (nSPS) is 38.3. The minimum absolute atomic E-state index is 0. The van der Waals surface area contributed by atoms with Gasteiger partial charge in [-0.15, -0.1) is 19.6 Å². The molecule has 0 aromatic heterocycles. The molecule has 0 bridgehead atoms. The van der Waals surface area contributed by atoms with Gasteiger partial charge in [-0.1, -0.05) is 116 Å². The Morgan fingerprint density at radius 1 is 0.447 bits per heavy atom. The second kappa shape index (κ2) is 19.6. The molecular formula is C34H59IrN3-6. The van der Waals surface area contributed by atoms with Crippen molar-refractivity contribution in [1.82, 2.24) is 0 Å². The van der Waals surface area contributed by atoms with Crippen LogP contribution < -0.4 is 0 Å². The number of piperidine rings is 3. The van der Waals surface area contributed by atoms with Gasteiger partial charge in [0.2, 0.25) is 0 Å². The van der Waals surface area contributed by atoms with Crippen LogP contribution in [0.1, 0.15) is 135 Å². The molecule has 7 atom stereocenters. The Labute approximate surface area is 251 Å². The van der Waals surface area contributed by atoms with Crippen LogP contribution in [0.15, 0.2) is 0 Å². The van der Waals surface area contributed by atoms with Crippen LogP contribution >= 0.6 is 0 Å². The summed E-state index contributed by atoms with van der Waals surface area (Å²) in [5.41, 5.74) is 0. The molecule has 3 aliphatic carbocycles. The van der Waals surface area contributed by atoms with Gasteiger partial charge in [0, 0.05) is 20.1 Å². The van der Waals surface area contributed by atoms with Gasteiger partial charge in [0.05, 0.1) is 0 Å². The van der Waals surface area contributed by atoms with Crippen molar-refractivity contribution in [1.29, 1.82) is 0 Å². The molecule has 0 aromatic rings. The van der Waals surface area contributed by atoms with Crippen molar-refractivity contribution in [2.75, 3.05) is 19.6 Å². The first-order chi connectivity index (χ1) is 18.3. The van der Waals surface area contributed by atoms with E-state index in [0.29, 0.717) is 18.1 Å². The third kappa shape index (κ3) is 11.8. The molecule has 0 aromatic carbocycles. The van der Waals surface area contributed by atoms with Crippen molar-refractivity contribution in [2.45, 2.75) is 153 Å². The Morgan fingerprint density at radius 2 is 0.868 bits per heavy atom. The summed E-state index contributed by atoms with van der Waals surface area (Å²) >= 11 is 0. The molecule has 3 aliphatic heterocycles. The van der Waals surface area contributed by atoms with Gasteiger partial charge < -0.3 is 35.2 Å². The van der Waals surface area contributed by atoms with Crippen LogP contribution in [-0.4, -0.2) is 37.8 Å². The molecule has 0 N–H and O–H groups in total. The second-order valence-electron chi connectivity index (χ2n) is 13.1. The Hall–Kier alpha value is 0.529. The van der Waals surface area contributed by atoms with Crippen molar-refractivity contribution < 1.29 is 20.1 Å². The number of hydrogen-bond donors (Lipinski definition) is 0. The Bertz CT molecular complexity index is 492. The Kier molecular flexibility index (Phi) is 17.1. The van der Waals surface area contributed by atoms with Crippen LogP contribution in [0.2, 0.25) is 0 Å². The van der Waals surface area contributed by atoms with E-state index in [1.807, 2.05) is 0 Å². The predicted octanol–water partition coefficient (Wildman–Crippen LogP) is 10.2. The van der Waals surface area contributed by atoms with Gasteiger partial charge in [0.1, 0.15) is 0 Å². The summed E-state index contributed by atoms with van der Waals surface area (Å²) in [7, 11) is 0. The first-order valence-corrected chi connectivity index (χ1v) is 16.8. The number of hydrogen-bond acceptors (Lipinski definition) is 0. The van der Waals surface area contributed by atoms with Crippen LogP contribution in [-0.2, 0) is 20.1 Å². The molecule has 0 spiro atoms. The predicted molar refractivity (Wildman–Crippen MR) is 161 cm³/mol. The fourth-order valence-corrected chi connectivity index (χ4v) is 7.72. The molecule has 225 valence electrons. The van der Waals surface area contributed by atoms with E-state index in [4.69, 9.17) is 16.0 Å². The zero-order valence-corrected chi connectivity index (χ0v) is 27.1. The van der Waals surface area contributed by atoms with Gasteiger partial charge in [-0.25, -0.2) is 0 Å². The van der Waals surface area contributed by atoms with E-state index in [2.05, 4.69) is 26.2 Å². The smallest absolute Gasteiger partial charge is 0 e. The molecule has 6 rings (SSSR count). The quantitative estimate of drug-likeness (QED) is 0.263. The first kappa shape index (κ1) is 33.0. The molecule has 3 saturated carbocycles. The standard InChI is InChI=1S/C12H21N.2C11H19N.Ir/c1-10-5-4-6-11(9-10)12-7-2-3-8-13-12;2*1-2-6-10(7-3-1)11-8-4-5-9-12-11;/h6,10-12H,2-5,7-9H2,1H3;2*6,10-11H,1-5,7-9H2;/q3*-2;. The van der Waals surface area contributed by atoms with Crippen molar-refractivity contribution in [2.24, 2.45) is 23.7 Å². The summed E-state index contributed by atoms with van der Waals surface area (Å²) in [5, 5.41) is 14.2. The fraction of sp³-hybridized carbons (Fsp3) is 0.912. The SMILES string of the molecule is CC1CC[CH-]C(C2CCCC[N-]2)C1.[CH-]1CCCCC1C1CCCC[N-]1.[CH-]1CCCCC1C1CCCC[N-]1.[Ir]. The molecule has 6 aliphatic rings. The van der Waals surface area contributed by atoms with Crippen molar-refractivity contribution in [3.63, 3.8) is 0 Å². The molecule has 4 heteroatoms. The van der Waals surface area contributed by atoms with E-state index in [1.165, 1.54) is 128 Å². The average Bonchev–Trinajstić information content (AvgIpc) is 3.00. The van der Waals surface area contributed by atoms with Gasteiger partial charge >= 0.3 is 0 Å². The van der Waals surface area contributed by atoms with E-state index >= 15 is 0 Å². The summed E-state index contributed by atoms with van der Waals surface area (Å²) in [6, 6.07) is 2.11. The zero-order chi connectivity index (χ0) is 25.5. The molecule has 0 amide bonds. The minimum Gasteiger partial charge on any atom is -0.661 e. The number of nitrogens with zero attached hydrogens (tertiary/aromatic N) is 3. The van der Waals surface area contributed by atoms with E-state index in [9.17, 15) is 0 Å². The minimum atomic E-state index is 0. The molecule has 7 unspecified atom stereocenters. The third-order valence-electron chi connectivity index (χ3n) is 10.0. The second-order valence-corrected chi connectivity index (χ2v) is 13.1. The van der Waals surface area contributed by atoms with Crippen molar-refractivity contribution in [3.8, 4) is 0 Å². The topological polar surface area (TPSA) is 42.3 Å². The van der Waals surface area contributed by atoms with Crippen molar-refractivity contribution in [3.05, 3.63) is 35.2 Å². The largest absolute Gasteiger partial charge is 0.661 e. The summed E-state index contributed by atoms with van der Waals surface area (Å²) in [5.74, 6) is 3.45. The van der Waals surface area contributed by atoms with Gasteiger partial charge in [0.15, 0.2) is 0 Å². The van der Waals surface area contributed by atoms with E-state index < -0.39 is 0 Å². The van der Waals surface area contributed by atoms with Crippen LogP contribution in [0, 0.1) is 42.9 Å². The average molecular weight is 702 g/mol.